The minimum absolute atomic E-state index is 0.224. The second-order valence-corrected chi connectivity index (χ2v) is 6.02. The van der Waals surface area contributed by atoms with Crippen LogP contribution in [0.5, 0.6) is 0 Å². The van der Waals surface area contributed by atoms with Crippen LogP contribution in [0.25, 0.3) is 0 Å². The number of hydrogen-bond donors (Lipinski definition) is 1. The van der Waals surface area contributed by atoms with E-state index in [0.29, 0.717) is 12.3 Å². The van der Waals surface area contributed by atoms with E-state index in [1.807, 2.05) is 18.7 Å². The van der Waals surface area contributed by atoms with Crippen LogP contribution >= 0.6 is 0 Å². The molecule has 1 amide bonds. The van der Waals surface area contributed by atoms with Crippen LogP contribution in [0.3, 0.4) is 0 Å². The predicted molar refractivity (Wildman–Crippen MR) is 69.2 cm³/mol. The Morgan fingerprint density at radius 3 is 2.06 bits per heavy atom. The van der Waals surface area contributed by atoms with Crippen molar-refractivity contribution in [2.75, 3.05) is 6.54 Å². The topological polar surface area (TPSA) is 46.3 Å². The van der Waals surface area contributed by atoms with Gasteiger partial charge < -0.3 is 10.6 Å². The van der Waals surface area contributed by atoms with E-state index in [4.69, 9.17) is 5.73 Å². The minimum atomic E-state index is -0.254. The third-order valence-electron chi connectivity index (χ3n) is 2.49. The summed E-state index contributed by atoms with van der Waals surface area (Å²) in [6.07, 6.45) is 1.29. The molecule has 3 nitrogen and oxygen atoms in total. The Kier molecular flexibility index (Phi) is 6.01. The Morgan fingerprint density at radius 1 is 1.25 bits per heavy atom. The molecule has 3 heteroatoms. The molecular formula is C13H28N2O. The molecule has 0 rings (SSSR count). The second kappa shape index (κ2) is 6.24. The van der Waals surface area contributed by atoms with Gasteiger partial charge in [0.25, 0.3) is 0 Å². The Hall–Kier alpha value is -0.570. The molecule has 0 saturated heterocycles. The number of nitrogens with zero attached hydrogens (tertiary/aromatic N) is 1. The van der Waals surface area contributed by atoms with Crippen molar-refractivity contribution in [2.24, 2.45) is 11.7 Å². The normalized spacial score (nSPS) is 12.3. The molecule has 0 spiro atoms. The van der Waals surface area contributed by atoms with Gasteiger partial charge >= 0.3 is 0 Å². The largest absolute Gasteiger partial charge is 0.340 e. The first-order valence-electron chi connectivity index (χ1n) is 6.22. The van der Waals surface area contributed by atoms with Crippen molar-refractivity contribution in [1.29, 1.82) is 0 Å². The van der Waals surface area contributed by atoms with E-state index in [2.05, 4.69) is 27.7 Å². The van der Waals surface area contributed by atoms with Crippen molar-refractivity contribution in [1.82, 2.24) is 4.90 Å². The van der Waals surface area contributed by atoms with Crippen molar-refractivity contribution in [3.63, 3.8) is 0 Å². The fraction of sp³-hybridized carbons (Fsp3) is 0.923. The molecule has 96 valence electrons. The maximum atomic E-state index is 12.0. The van der Waals surface area contributed by atoms with E-state index in [9.17, 15) is 4.79 Å². The predicted octanol–water partition coefficient (Wildman–Crippen LogP) is 2.40. The fourth-order valence-corrected chi connectivity index (χ4v) is 1.57. The summed E-state index contributed by atoms with van der Waals surface area (Å²) in [7, 11) is 0. The standard InChI is InChI=1S/C13H28N2O/c1-10(2)9-15(11(3)4)12(16)7-8-13(5,6)14/h10-11H,7-9,14H2,1-6H3. The van der Waals surface area contributed by atoms with Crippen LogP contribution in [0.2, 0.25) is 0 Å². The van der Waals surface area contributed by atoms with Crippen LogP contribution in [-0.4, -0.2) is 28.9 Å². The number of carbonyl (C=O) groups is 1. The van der Waals surface area contributed by atoms with E-state index in [1.54, 1.807) is 0 Å². The third-order valence-corrected chi connectivity index (χ3v) is 2.49. The Morgan fingerprint density at radius 2 is 1.75 bits per heavy atom. The first kappa shape index (κ1) is 15.4. The van der Waals surface area contributed by atoms with E-state index < -0.39 is 0 Å². The zero-order chi connectivity index (χ0) is 12.9. The Labute approximate surface area is 100 Å². The lowest BCUT2D eigenvalue weighted by atomic mass is 9.99. The van der Waals surface area contributed by atoms with Gasteiger partial charge in [0.05, 0.1) is 0 Å². The molecule has 0 radical (unpaired) electrons. The van der Waals surface area contributed by atoms with Crippen molar-refractivity contribution in [2.45, 2.75) is 66.0 Å². The lowest BCUT2D eigenvalue weighted by molar-refractivity contribution is -0.133. The SMILES string of the molecule is CC(C)CN(C(=O)CCC(C)(C)N)C(C)C. The summed E-state index contributed by atoms with van der Waals surface area (Å²) in [6, 6.07) is 0.274. The van der Waals surface area contributed by atoms with Crippen LogP contribution in [0.4, 0.5) is 0 Å². The fourth-order valence-electron chi connectivity index (χ4n) is 1.57. The Bertz CT molecular complexity index is 216. The van der Waals surface area contributed by atoms with Crippen molar-refractivity contribution in [3.05, 3.63) is 0 Å². The summed E-state index contributed by atoms with van der Waals surface area (Å²) in [5.41, 5.74) is 5.64. The highest BCUT2D eigenvalue weighted by Gasteiger charge is 2.20. The molecule has 0 aromatic rings. The van der Waals surface area contributed by atoms with Gasteiger partial charge in [0, 0.05) is 24.5 Å². The summed E-state index contributed by atoms with van der Waals surface area (Å²) in [4.78, 5) is 14.0. The maximum Gasteiger partial charge on any atom is 0.222 e. The minimum Gasteiger partial charge on any atom is -0.340 e. The van der Waals surface area contributed by atoms with E-state index in [1.165, 1.54) is 0 Å². The average molecular weight is 228 g/mol. The van der Waals surface area contributed by atoms with Crippen LogP contribution in [0, 0.1) is 5.92 Å². The average Bonchev–Trinajstić information content (AvgIpc) is 2.08. The summed E-state index contributed by atoms with van der Waals surface area (Å²) in [5, 5.41) is 0. The lowest BCUT2D eigenvalue weighted by Crippen LogP contribution is -2.41. The third kappa shape index (κ3) is 6.83. The zero-order valence-corrected chi connectivity index (χ0v) is 11.7. The maximum absolute atomic E-state index is 12.0. The summed E-state index contributed by atoms with van der Waals surface area (Å²) in [6.45, 7) is 13.2. The molecule has 0 aliphatic heterocycles. The van der Waals surface area contributed by atoms with Crippen molar-refractivity contribution < 1.29 is 4.79 Å². The molecular weight excluding hydrogens is 200 g/mol. The van der Waals surface area contributed by atoms with Crippen LogP contribution in [0.1, 0.15) is 54.4 Å². The first-order valence-corrected chi connectivity index (χ1v) is 6.22. The van der Waals surface area contributed by atoms with Crippen LogP contribution < -0.4 is 5.73 Å². The highest BCUT2D eigenvalue weighted by atomic mass is 16.2. The highest BCUT2D eigenvalue weighted by molar-refractivity contribution is 5.76. The van der Waals surface area contributed by atoms with E-state index >= 15 is 0 Å². The molecule has 0 aliphatic rings. The molecule has 16 heavy (non-hydrogen) atoms. The van der Waals surface area contributed by atoms with Gasteiger partial charge in [-0.1, -0.05) is 13.8 Å². The van der Waals surface area contributed by atoms with Gasteiger partial charge in [-0.25, -0.2) is 0 Å². The molecule has 0 aromatic carbocycles. The van der Waals surface area contributed by atoms with Gasteiger partial charge in [-0.3, -0.25) is 4.79 Å². The van der Waals surface area contributed by atoms with Gasteiger partial charge in [-0.15, -0.1) is 0 Å². The quantitative estimate of drug-likeness (QED) is 0.759. The van der Waals surface area contributed by atoms with Crippen molar-refractivity contribution in [3.8, 4) is 0 Å². The molecule has 0 unspecified atom stereocenters. The highest BCUT2D eigenvalue weighted by Crippen LogP contribution is 2.12. The van der Waals surface area contributed by atoms with Crippen LogP contribution in [0.15, 0.2) is 0 Å². The number of amides is 1. The van der Waals surface area contributed by atoms with Gasteiger partial charge in [-0.2, -0.15) is 0 Å². The number of hydrogen-bond acceptors (Lipinski definition) is 2. The zero-order valence-electron chi connectivity index (χ0n) is 11.7. The molecule has 0 heterocycles. The van der Waals surface area contributed by atoms with Gasteiger partial charge in [0.1, 0.15) is 0 Å². The molecule has 0 aliphatic carbocycles. The monoisotopic (exact) mass is 228 g/mol. The smallest absolute Gasteiger partial charge is 0.222 e. The van der Waals surface area contributed by atoms with E-state index in [0.717, 1.165) is 13.0 Å². The molecule has 2 N–H and O–H groups in total. The summed E-state index contributed by atoms with van der Waals surface area (Å²) in [5.74, 6) is 0.736. The molecule has 0 bridgehead atoms. The van der Waals surface area contributed by atoms with E-state index in [-0.39, 0.29) is 17.5 Å². The van der Waals surface area contributed by atoms with Crippen LogP contribution in [-0.2, 0) is 4.79 Å². The number of nitrogens with two attached hydrogens (primary N) is 1. The Balaban J connectivity index is 4.29. The molecule has 0 atom stereocenters. The lowest BCUT2D eigenvalue weighted by Gasteiger charge is -2.29. The molecule has 0 aromatic heterocycles. The first-order chi connectivity index (χ1) is 7.13. The second-order valence-electron chi connectivity index (χ2n) is 6.02. The number of rotatable bonds is 6. The molecule has 0 fully saturated rings. The van der Waals surface area contributed by atoms with Gasteiger partial charge in [0.2, 0.25) is 5.91 Å². The van der Waals surface area contributed by atoms with Crippen molar-refractivity contribution >= 4 is 5.91 Å². The molecule has 0 saturated carbocycles. The summed E-state index contributed by atoms with van der Waals surface area (Å²) < 4.78 is 0. The van der Waals surface area contributed by atoms with Gasteiger partial charge in [0.15, 0.2) is 0 Å². The summed E-state index contributed by atoms with van der Waals surface area (Å²) >= 11 is 0. The number of carbonyl (C=O) groups excluding carboxylic acids is 1. The van der Waals surface area contributed by atoms with Gasteiger partial charge in [-0.05, 0) is 40.0 Å².